The van der Waals surface area contributed by atoms with Crippen LogP contribution in [-0.4, -0.2) is 10.9 Å². The van der Waals surface area contributed by atoms with Crippen molar-refractivity contribution in [3.05, 3.63) is 87.4 Å². The van der Waals surface area contributed by atoms with Gasteiger partial charge < -0.3 is 5.32 Å². The number of nitrogens with one attached hydrogen (secondary N) is 1. The maximum Gasteiger partial charge on any atom is 0.262 e. The predicted molar refractivity (Wildman–Crippen MR) is 101 cm³/mol. The minimum Gasteiger partial charge on any atom is -0.340 e. The van der Waals surface area contributed by atoms with E-state index in [1.54, 1.807) is 23.7 Å². The molecular weight excluding hydrogens is 328 g/mol. The molecule has 1 aliphatic carbocycles. The van der Waals surface area contributed by atoms with Gasteiger partial charge in [0.2, 0.25) is 0 Å². The van der Waals surface area contributed by atoms with Gasteiger partial charge >= 0.3 is 0 Å². The van der Waals surface area contributed by atoms with E-state index in [2.05, 4.69) is 16.4 Å². The molecule has 0 spiro atoms. The van der Waals surface area contributed by atoms with E-state index in [9.17, 15) is 4.79 Å². The lowest BCUT2D eigenvalue weighted by Crippen LogP contribution is -2.28. The van der Waals surface area contributed by atoms with Crippen molar-refractivity contribution in [1.82, 2.24) is 10.3 Å². The number of nitrogens with zero attached hydrogens (tertiary/aromatic N) is 1. The second-order valence-corrected chi connectivity index (χ2v) is 7.50. The standard InChI is InChI=1S/C21H20N2OS/c24-21(19-14-17-8-4-5-9-18(17)25-19)23-20(15-6-2-1-3-7-15)16-10-12-22-13-11-16/h1-3,6-7,10-14,20H,4-5,8-9H2,(H,23,24). The highest BCUT2D eigenvalue weighted by molar-refractivity contribution is 7.14. The van der Waals surface area contributed by atoms with Crippen LogP contribution in [0.5, 0.6) is 0 Å². The first-order valence-corrected chi connectivity index (χ1v) is 9.50. The summed E-state index contributed by atoms with van der Waals surface area (Å²) >= 11 is 1.65. The number of hydrogen-bond acceptors (Lipinski definition) is 3. The smallest absolute Gasteiger partial charge is 0.262 e. The molecule has 1 unspecified atom stereocenters. The van der Waals surface area contributed by atoms with Gasteiger partial charge in [0.05, 0.1) is 10.9 Å². The summed E-state index contributed by atoms with van der Waals surface area (Å²) in [5.74, 6) is 0.00469. The van der Waals surface area contributed by atoms with E-state index in [0.717, 1.165) is 28.8 Å². The fourth-order valence-corrected chi connectivity index (χ4v) is 4.52. The van der Waals surface area contributed by atoms with Gasteiger partial charge in [0, 0.05) is 17.3 Å². The third-order valence-electron chi connectivity index (χ3n) is 4.67. The lowest BCUT2D eigenvalue weighted by molar-refractivity contribution is 0.0947. The largest absolute Gasteiger partial charge is 0.340 e. The molecule has 1 aliphatic rings. The van der Waals surface area contributed by atoms with E-state index in [1.165, 1.54) is 23.3 Å². The molecule has 0 bridgehead atoms. The Balaban J connectivity index is 1.62. The van der Waals surface area contributed by atoms with Crippen LogP contribution in [0.15, 0.2) is 60.9 Å². The number of benzene rings is 1. The topological polar surface area (TPSA) is 42.0 Å². The molecule has 4 heteroatoms. The number of carbonyl (C=O) groups excluding carboxylic acids is 1. The molecule has 25 heavy (non-hydrogen) atoms. The Labute approximate surface area is 151 Å². The van der Waals surface area contributed by atoms with Crippen LogP contribution in [-0.2, 0) is 12.8 Å². The molecule has 0 radical (unpaired) electrons. The van der Waals surface area contributed by atoms with Crippen LogP contribution in [0, 0.1) is 0 Å². The number of rotatable bonds is 4. The molecule has 1 atom stereocenters. The van der Waals surface area contributed by atoms with Crippen LogP contribution in [0.1, 0.15) is 50.1 Å². The van der Waals surface area contributed by atoms with E-state index >= 15 is 0 Å². The first-order valence-electron chi connectivity index (χ1n) is 8.68. The molecule has 0 saturated heterocycles. The van der Waals surface area contributed by atoms with Crippen LogP contribution in [0.4, 0.5) is 0 Å². The number of aromatic nitrogens is 1. The highest BCUT2D eigenvalue weighted by Gasteiger charge is 2.21. The van der Waals surface area contributed by atoms with Crippen molar-refractivity contribution in [1.29, 1.82) is 0 Å². The molecule has 0 aliphatic heterocycles. The molecule has 2 aromatic heterocycles. The van der Waals surface area contributed by atoms with Crippen molar-refractivity contribution >= 4 is 17.2 Å². The summed E-state index contributed by atoms with van der Waals surface area (Å²) in [6.07, 6.45) is 8.21. The third-order valence-corrected chi connectivity index (χ3v) is 5.90. The monoisotopic (exact) mass is 348 g/mol. The zero-order valence-electron chi connectivity index (χ0n) is 13.9. The predicted octanol–water partition coefficient (Wildman–Crippen LogP) is 4.54. The molecule has 126 valence electrons. The number of pyridine rings is 1. The van der Waals surface area contributed by atoms with Gasteiger partial charge in [-0.05, 0) is 60.6 Å². The minimum atomic E-state index is -0.171. The van der Waals surface area contributed by atoms with Gasteiger partial charge in [-0.15, -0.1) is 11.3 Å². The number of thiophene rings is 1. The van der Waals surface area contributed by atoms with E-state index in [4.69, 9.17) is 0 Å². The molecule has 3 aromatic rings. The maximum atomic E-state index is 12.9. The molecular formula is C21H20N2OS. The van der Waals surface area contributed by atoms with E-state index in [-0.39, 0.29) is 11.9 Å². The Morgan fingerprint density at radius 2 is 1.72 bits per heavy atom. The molecule has 1 N–H and O–H groups in total. The summed E-state index contributed by atoms with van der Waals surface area (Å²) < 4.78 is 0. The molecule has 1 aromatic carbocycles. The van der Waals surface area contributed by atoms with Crippen molar-refractivity contribution in [3.63, 3.8) is 0 Å². The third kappa shape index (κ3) is 3.49. The van der Waals surface area contributed by atoms with Crippen LogP contribution < -0.4 is 5.32 Å². The van der Waals surface area contributed by atoms with Crippen molar-refractivity contribution < 1.29 is 4.79 Å². The maximum absolute atomic E-state index is 12.9. The Morgan fingerprint density at radius 1 is 1.00 bits per heavy atom. The average molecular weight is 348 g/mol. The molecule has 0 fully saturated rings. The molecule has 4 rings (SSSR count). The lowest BCUT2D eigenvalue weighted by Gasteiger charge is -2.19. The molecule has 3 nitrogen and oxygen atoms in total. The highest BCUT2D eigenvalue weighted by Crippen LogP contribution is 2.30. The Kier molecular flexibility index (Phi) is 4.61. The number of aryl methyl sites for hydroxylation is 2. The number of carbonyl (C=O) groups is 1. The fraction of sp³-hybridized carbons (Fsp3) is 0.238. The van der Waals surface area contributed by atoms with Crippen LogP contribution >= 0.6 is 11.3 Å². The van der Waals surface area contributed by atoms with Crippen LogP contribution in [0.3, 0.4) is 0 Å². The Bertz CT molecular complexity index is 795. The van der Waals surface area contributed by atoms with Crippen molar-refractivity contribution in [2.45, 2.75) is 31.7 Å². The summed E-state index contributed by atoms with van der Waals surface area (Å²) in [7, 11) is 0. The van der Waals surface area contributed by atoms with Gasteiger partial charge in [0.25, 0.3) is 5.91 Å². The quantitative estimate of drug-likeness (QED) is 0.752. The molecule has 0 saturated carbocycles. The van der Waals surface area contributed by atoms with E-state index in [0.29, 0.717) is 0 Å². The fourth-order valence-electron chi connectivity index (χ4n) is 3.37. The van der Waals surface area contributed by atoms with Crippen molar-refractivity contribution in [2.75, 3.05) is 0 Å². The molecule has 2 heterocycles. The Hall–Kier alpha value is -2.46. The zero-order chi connectivity index (χ0) is 17.1. The average Bonchev–Trinajstić information content (AvgIpc) is 3.12. The number of hydrogen-bond donors (Lipinski definition) is 1. The van der Waals surface area contributed by atoms with E-state index in [1.807, 2.05) is 42.5 Å². The van der Waals surface area contributed by atoms with Crippen LogP contribution in [0.25, 0.3) is 0 Å². The van der Waals surface area contributed by atoms with Crippen molar-refractivity contribution in [3.8, 4) is 0 Å². The Morgan fingerprint density at radius 3 is 2.48 bits per heavy atom. The first-order chi connectivity index (χ1) is 12.3. The highest BCUT2D eigenvalue weighted by atomic mass is 32.1. The SMILES string of the molecule is O=C(NC(c1ccccc1)c1ccncc1)c1cc2c(s1)CCCC2. The summed E-state index contributed by atoms with van der Waals surface area (Å²) in [6.45, 7) is 0. The minimum absolute atomic E-state index is 0.00469. The zero-order valence-corrected chi connectivity index (χ0v) is 14.8. The van der Waals surface area contributed by atoms with Crippen LogP contribution in [0.2, 0.25) is 0 Å². The van der Waals surface area contributed by atoms with Gasteiger partial charge in [0.15, 0.2) is 0 Å². The number of fused-ring (bicyclic) bond motifs is 1. The lowest BCUT2D eigenvalue weighted by atomic mass is 9.98. The summed E-state index contributed by atoms with van der Waals surface area (Å²) in [6, 6.07) is 15.9. The normalized spacial score (nSPS) is 14.6. The van der Waals surface area contributed by atoms with Gasteiger partial charge in [-0.1, -0.05) is 30.3 Å². The summed E-state index contributed by atoms with van der Waals surface area (Å²) in [5, 5.41) is 3.22. The van der Waals surface area contributed by atoms with Gasteiger partial charge in [-0.3, -0.25) is 9.78 Å². The summed E-state index contributed by atoms with van der Waals surface area (Å²) in [5.41, 5.74) is 3.47. The second-order valence-electron chi connectivity index (χ2n) is 6.36. The summed E-state index contributed by atoms with van der Waals surface area (Å²) in [4.78, 5) is 19.2. The molecule has 1 amide bonds. The van der Waals surface area contributed by atoms with Gasteiger partial charge in [-0.25, -0.2) is 0 Å². The number of amides is 1. The van der Waals surface area contributed by atoms with Gasteiger partial charge in [0.1, 0.15) is 0 Å². The van der Waals surface area contributed by atoms with E-state index < -0.39 is 0 Å². The first kappa shape index (κ1) is 16.0. The van der Waals surface area contributed by atoms with Crippen molar-refractivity contribution in [2.24, 2.45) is 0 Å². The second kappa shape index (κ2) is 7.19. The van der Waals surface area contributed by atoms with Gasteiger partial charge in [-0.2, -0.15) is 0 Å².